The van der Waals surface area contributed by atoms with E-state index in [0.717, 1.165) is 10.0 Å². The lowest BCUT2D eigenvalue weighted by Gasteiger charge is -2.33. The van der Waals surface area contributed by atoms with E-state index >= 15 is 0 Å². The van der Waals surface area contributed by atoms with Crippen molar-refractivity contribution in [2.24, 2.45) is 0 Å². The first kappa shape index (κ1) is 25.4. The second-order valence-corrected chi connectivity index (χ2v) is 11.2. The summed E-state index contributed by atoms with van der Waals surface area (Å²) in [6, 6.07) is 14.9. The Balaban J connectivity index is 1.55. The molecule has 2 aromatic carbocycles. The Morgan fingerprint density at radius 1 is 1.00 bits per heavy atom. The molecule has 0 spiro atoms. The Labute approximate surface area is 201 Å². The van der Waals surface area contributed by atoms with Crippen LogP contribution in [0.25, 0.3) is 0 Å². The standard InChI is InChI=1S/C23H27BrN2O6S/c1-15(16-7-9-17(24)10-8-16)25-22(29)20(27)21(28)23(30)26-13-11-19(12-14-26)33(31,32)18-5-3-2-4-6-18/h2-10,15,19-21,27-28H,11-14H2,1H3,(H,25,29)/t15-,20+,21+/m1/s1. The van der Waals surface area contributed by atoms with Crippen LogP contribution in [0.5, 0.6) is 0 Å². The molecule has 3 N–H and O–H groups in total. The average molecular weight is 539 g/mol. The third-order valence-electron chi connectivity index (χ3n) is 5.81. The number of carbonyl (C=O) groups is 2. The Morgan fingerprint density at radius 2 is 1.58 bits per heavy atom. The molecule has 1 aliphatic heterocycles. The third kappa shape index (κ3) is 6.00. The minimum absolute atomic E-state index is 0.107. The number of hydrogen-bond acceptors (Lipinski definition) is 6. The first-order valence-electron chi connectivity index (χ1n) is 10.6. The molecule has 0 radical (unpaired) electrons. The van der Waals surface area contributed by atoms with Crippen molar-refractivity contribution in [2.45, 2.75) is 48.2 Å². The van der Waals surface area contributed by atoms with Gasteiger partial charge in [0.1, 0.15) is 0 Å². The van der Waals surface area contributed by atoms with E-state index in [1.807, 2.05) is 12.1 Å². The lowest BCUT2D eigenvalue weighted by Crippen LogP contribution is -2.53. The van der Waals surface area contributed by atoms with Crippen LogP contribution in [0.2, 0.25) is 0 Å². The summed E-state index contributed by atoms with van der Waals surface area (Å²) in [4.78, 5) is 26.6. The number of sulfone groups is 1. The average Bonchev–Trinajstić information content (AvgIpc) is 2.83. The highest BCUT2D eigenvalue weighted by Crippen LogP contribution is 2.25. The maximum Gasteiger partial charge on any atom is 0.254 e. The fraction of sp³-hybridized carbons (Fsp3) is 0.391. The SMILES string of the molecule is C[C@@H](NC(=O)[C@@H](O)[C@H](O)C(=O)N1CCC(S(=O)(=O)c2ccccc2)CC1)c1ccc(Br)cc1. The number of aliphatic hydroxyl groups excluding tert-OH is 2. The summed E-state index contributed by atoms with van der Waals surface area (Å²) in [5, 5.41) is 22.5. The highest BCUT2D eigenvalue weighted by molar-refractivity contribution is 9.10. The van der Waals surface area contributed by atoms with Gasteiger partial charge in [-0.05, 0) is 49.6 Å². The van der Waals surface area contributed by atoms with Crippen molar-refractivity contribution < 1.29 is 28.2 Å². The lowest BCUT2D eigenvalue weighted by atomic mass is 10.1. The maximum absolute atomic E-state index is 12.8. The van der Waals surface area contributed by atoms with Gasteiger partial charge in [0.05, 0.1) is 16.2 Å². The van der Waals surface area contributed by atoms with Crippen molar-refractivity contribution in [1.29, 1.82) is 0 Å². The number of aliphatic hydroxyl groups is 2. The van der Waals surface area contributed by atoms with Gasteiger partial charge in [0.25, 0.3) is 11.8 Å². The molecule has 0 aliphatic carbocycles. The quantitative estimate of drug-likeness (QED) is 0.493. The second-order valence-electron chi connectivity index (χ2n) is 8.05. The minimum atomic E-state index is -3.52. The molecule has 10 heteroatoms. The van der Waals surface area contributed by atoms with E-state index in [2.05, 4.69) is 21.2 Å². The van der Waals surface area contributed by atoms with Crippen LogP contribution in [-0.4, -0.2) is 65.9 Å². The number of benzene rings is 2. The molecule has 1 saturated heterocycles. The van der Waals surface area contributed by atoms with Gasteiger partial charge in [0.15, 0.2) is 22.0 Å². The van der Waals surface area contributed by atoms with Crippen LogP contribution in [0.3, 0.4) is 0 Å². The number of piperidine rings is 1. The summed E-state index contributed by atoms with van der Waals surface area (Å²) in [5.74, 6) is -1.67. The zero-order valence-corrected chi connectivity index (χ0v) is 20.5. The summed E-state index contributed by atoms with van der Waals surface area (Å²) in [5.41, 5.74) is 0.793. The largest absolute Gasteiger partial charge is 0.380 e. The Bertz CT molecular complexity index is 1070. The first-order chi connectivity index (χ1) is 15.6. The van der Waals surface area contributed by atoms with Gasteiger partial charge in [0, 0.05) is 17.6 Å². The van der Waals surface area contributed by atoms with Crippen molar-refractivity contribution in [3.05, 3.63) is 64.6 Å². The molecule has 0 unspecified atom stereocenters. The van der Waals surface area contributed by atoms with Crippen molar-refractivity contribution in [3.8, 4) is 0 Å². The fourth-order valence-electron chi connectivity index (χ4n) is 3.79. The molecule has 3 rings (SSSR count). The Kier molecular flexibility index (Phi) is 8.28. The predicted molar refractivity (Wildman–Crippen MR) is 126 cm³/mol. The van der Waals surface area contributed by atoms with E-state index in [9.17, 15) is 28.2 Å². The summed E-state index contributed by atoms with van der Waals surface area (Å²) in [6.45, 7) is 1.94. The normalized spacial score (nSPS) is 17.8. The Morgan fingerprint density at radius 3 is 2.15 bits per heavy atom. The van der Waals surface area contributed by atoms with Crippen LogP contribution >= 0.6 is 15.9 Å². The molecule has 0 bridgehead atoms. The molecule has 2 aromatic rings. The van der Waals surface area contributed by atoms with Gasteiger partial charge in [-0.2, -0.15) is 0 Å². The lowest BCUT2D eigenvalue weighted by molar-refractivity contribution is -0.154. The molecule has 1 fully saturated rings. The summed E-state index contributed by atoms with van der Waals surface area (Å²) >= 11 is 3.33. The highest BCUT2D eigenvalue weighted by Gasteiger charge is 2.38. The number of amides is 2. The molecule has 33 heavy (non-hydrogen) atoms. The zero-order chi connectivity index (χ0) is 24.2. The molecule has 0 aromatic heterocycles. The van der Waals surface area contributed by atoms with Crippen molar-refractivity contribution in [2.75, 3.05) is 13.1 Å². The molecular formula is C23H27BrN2O6S. The number of nitrogens with one attached hydrogen (secondary N) is 1. The van der Waals surface area contributed by atoms with Crippen LogP contribution in [0.4, 0.5) is 0 Å². The fourth-order valence-corrected chi connectivity index (χ4v) is 5.81. The van der Waals surface area contributed by atoms with E-state index < -0.39 is 45.2 Å². The number of nitrogens with zero attached hydrogens (tertiary/aromatic N) is 1. The first-order valence-corrected chi connectivity index (χ1v) is 12.9. The topological polar surface area (TPSA) is 124 Å². The molecular weight excluding hydrogens is 512 g/mol. The summed E-state index contributed by atoms with van der Waals surface area (Å²) < 4.78 is 26.5. The third-order valence-corrected chi connectivity index (χ3v) is 8.62. The van der Waals surface area contributed by atoms with Crippen molar-refractivity contribution in [3.63, 3.8) is 0 Å². The zero-order valence-electron chi connectivity index (χ0n) is 18.1. The minimum Gasteiger partial charge on any atom is -0.380 e. The molecule has 3 atom stereocenters. The van der Waals surface area contributed by atoms with Crippen LogP contribution in [0, 0.1) is 0 Å². The van der Waals surface area contributed by atoms with E-state index in [4.69, 9.17) is 0 Å². The van der Waals surface area contributed by atoms with Crippen LogP contribution in [0.15, 0.2) is 64.0 Å². The van der Waals surface area contributed by atoms with Gasteiger partial charge in [-0.1, -0.05) is 46.3 Å². The molecule has 1 heterocycles. The van der Waals surface area contributed by atoms with Gasteiger partial charge in [-0.25, -0.2) is 8.42 Å². The molecule has 178 valence electrons. The number of likely N-dealkylation sites (tertiary alicyclic amines) is 1. The van der Waals surface area contributed by atoms with E-state index in [-0.39, 0.29) is 30.8 Å². The predicted octanol–water partition coefficient (Wildman–Crippen LogP) is 1.81. The smallest absolute Gasteiger partial charge is 0.254 e. The number of rotatable bonds is 7. The molecule has 1 aliphatic rings. The van der Waals surface area contributed by atoms with Crippen molar-refractivity contribution >= 4 is 37.6 Å². The van der Waals surface area contributed by atoms with Crippen LogP contribution < -0.4 is 5.32 Å². The van der Waals surface area contributed by atoms with E-state index in [1.165, 1.54) is 4.90 Å². The molecule has 0 saturated carbocycles. The molecule has 2 amide bonds. The molecule has 8 nitrogen and oxygen atoms in total. The van der Waals surface area contributed by atoms with E-state index in [0.29, 0.717) is 0 Å². The summed E-state index contributed by atoms with van der Waals surface area (Å²) in [7, 11) is -3.52. The van der Waals surface area contributed by atoms with Crippen LogP contribution in [0.1, 0.15) is 31.4 Å². The second kappa shape index (κ2) is 10.8. The summed E-state index contributed by atoms with van der Waals surface area (Å²) in [6.07, 6.45) is -3.47. The maximum atomic E-state index is 12.8. The highest BCUT2D eigenvalue weighted by atomic mass is 79.9. The number of halogens is 1. The van der Waals surface area contributed by atoms with Crippen LogP contribution in [-0.2, 0) is 19.4 Å². The van der Waals surface area contributed by atoms with E-state index in [1.54, 1.807) is 49.4 Å². The van der Waals surface area contributed by atoms with Gasteiger partial charge < -0.3 is 20.4 Å². The number of hydrogen-bond donors (Lipinski definition) is 3. The van der Waals surface area contributed by atoms with Gasteiger partial charge in [-0.3, -0.25) is 9.59 Å². The van der Waals surface area contributed by atoms with Crippen molar-refractivity contribution in [1.82, 2.24) is 10.2 Å². The van der Waals surface area contributed by atoms with Gasteiger partial charge in [-0.15, -0.1) is 0 Å². The monoisotopic (exact) mass is 538 g/mol. The van der Waals surface area contributed by atoms with Gasteiger partial charge >= 0.3 is 0 Å². The number of carbonyl (C=O) groups excluding carboxylic acids is 2. The Hall–Kier alpha value is -2.27. The van der Waals surface area contributed by atoms with Gasteiger partial charge in [0.2, 0.25) is 0 Å².